The summed E-state index contributed by atoms with van der Waals surface area (Å²) in [5.41, 5.74) is -4.69. The van der Waals surface area contributed by atoms with E-state index in [0.717, 1.165) is 0 Å². The molecule has 0 heterocycles. The van der Waals surface area contributed by atoms with Gasteiger partial charge in [0.2, 0.25) is 0 Å². The van der Waals surface area contributed by atoms with Gasteiger partial charge in [-0.1, -0.05) is 36.4 Å². The monoisotopic (exact) mass is 344 g/mol. The molecular weight excluding hydrogens is 334 g/mol. The molecule has 0 aliphatic rings. The molecule has 0 fully saturated rings. The van der Waals surface area contributed by atoms with Crippen LogP contribution in [0.4, 0.5) is 37.7 Å². The first-order valence-corrected chi connectivity index (χ1v) is 6.60. The summed E-state index contributed by atoms with van der Waals surface area (Å²) in [6.07, 6.45) is -10.6. The molecule has 0 aliphatic heterocycles. The standard InChI is InChI=1S/C16H10F6N2/c17-15(18,19)13(23-11-7-3-1-4-8-11)14(16(20,21)22)24-12-9-5-2-6-10-12/h1-10H. The van der Waals surface area contributed by atoms with E-state index < -0.39 is 23.8 Å². The zero-order chi connectivity index (χ0) is 17.8. The number of rotatable bonds is 3. The first-order chi connectivity index (χ1) is 11.2. The van der Waals surface area contributed by atoms with Crippen LogP contribution < -0.4 is 0 Å². The maximum atomic E-state index is 13.2. The Bertz CT molecular complexity index is 665. The molecule has 24 heavy (non-hydrogen) atoms. The van der Waals surface area contributed by atoms with Crippen molar-refractivity contribution < 1.29 is 26.3 Å². The fourth-order valence-electron chi connectivity index (χ4n) is 1.76. The molecule has 0 spiro atoms. The fraction of sp³-hybridized carbons (Fsp3) is 0.125. The molecule has 0 atom stereocenters. The van der Waals surface area contributed by atoms with E-state index in [-0.39, 0.29) is 11.4 Å². The van der Waals surface area contributed by atoms with E-state index in [9.17, 15) is 26.3 Å². The Morgan fingerprint density at radius 3 is 1.08 bits per heavy atom. The van der Waals surface area contributed by atoms with Crippen molar-refractivity contribution in [2.45, 2.75) is 12.4 Å². The maximum Gasteiger partial charge on any atom is 0.435 e. The lowest BCUT2D eigenvalue weighted by atomic mass is 10.2. The molecule has 8 heteroatoms. The molecular formula is C16H10F6N2. The molecule has 0 radical (unpaired) electrons. The van der Waals surface area contributed by atoms with Gasteiger partial charge in [0.1, 0.15) is 0 Å². The second-order valence-corrected chi connectivity index (χ2v) is 4.59. The maximum absolute atomic E-state index is 13.2. The third-order valence-electron chi connectivity index (χ3n) is 2.76. The van der Waals surface area contributed by atoms with Gasteiger partial charge in [-0.15, -0.1) is 0 Å². The Kier molecular flexibility index (Phi) is 5.06. The molecule has 0 aliphatic carbocycles. The lowest BCUT2D eigenvalue weighted by molar-refractivity contribution is -0.0709. The van der Waals surface area contributed by atoms with Crippen molar-refractivity contribution in [1.82, 2.24) is 0 Å². The number of alkyl halides is 6. The second kappa shape index (κ2) is 6.86. The van der Waals surface area contributed by atoms with E-state index >= 15 is 0 Å². The quantitative estimate of drug-likeness (QED) is 0.507. The summed E-state index contributed by atoms with van der Waals surface area (Å²) >= 11 is 0. The average Bonchev–Trinajstić information content (AvgIpc) is 2.51. The predicted molar refractivity (Wildman–Crippen MR) is 79.2 cm³/mol. The summed E-state index contributed by atoms with van der Waals surface area (Å²) in [6.45, 7) is 0. The van der Waals surface area contributed by atoms with Crippen LogP contribution >= 0.6 is 0 Å². The van der Waals surface area contributed by atoms with Crippen molar-refractivity contribution in [1.29, 1.82) is 0 Å². The highest BCUT2D eigenvalue weighted by Gasteiger charge is 2.50. The number of nitrogens with zero attached hydrogens (tertiary/aromatic N) is 2. The van der Waals surface area contributed by atoms with E-state index in [0.29, 0.717) is 0 Å². The molecule has 0 unspecified atom stereocenters. The SMILES string of the molecule is FC(F)(F)C(=Nc1ccccc1)C(=Nc1ccccc1)C(F)(F)F. The first-order valence-electron chi connectivity index (χ1n) is 6.60. The minimum Gasteiger partial charge on any atom is -0.242 e. The third kappa shape index (κ3) is 4.68. The number of aliphatic imine (C=N–C) groups is 2. The highest BCUT2D eigenvalue weighted by molar-refractivity contribution is 6.47. The van der Waals surface area contributed by atoms with Gasteiger partial charge in [0.25, 0.3) is 0 Å². The van der Waals surface area contributed by atoms with Gasteiger partial charge in [0.15, 0.2) is 11.4 Å². The molecule has 0 saturated carbocycles. The van der Waals surface area contributed by atoms with Crippen molar-refractivity contribution in [2.24, 2.45) is 9.98 Å². The molecule has 0 bridgehead atoms. The summed E-state index contributed by atoms with van der Waals surface area (Å²) in [5.74, 6) is 0. The number of halogens is 6. The van der Waals surface area contributed by atoms with Crippen LogP contribution in [0.5, 0.6) is 0 Å². The third-order valence-corrected chi connectivity index (χ3v) is 2.76. The Hall–Kier alpha value is -2.64. The first kappa shape index (κ1) is 17.7. The van der Waals surface area contributed by atoms with E-state index in [4.69, 9.17) is 0 Å². The van der Waals surface area contributed by atoms with Gasteiger partial charge in [0, 0.05) is 0 Å². The van der Waals surface area contributed by atoms with Gasteiger partial charge in [-0.2, -0.15) is 26.3 Å². The molecule has 2 rings (SSSR count). The van der Waals surface area contributed by atoms with Gasteiger partial charge in [-0.3, -0.25) is 0 Å². The number of hydrogen-bond donors (Lipinski definition) is 0. The van der Waals surface area contributed by atoms with Crippen molar-refractivity contribution >= 4 is 22.8 Å². The van der Waals surface area contributed by atoms with Crippen LogP contribution in [-0.2, 0) is 0 Å². The molecule has 0 aromatic heterocycles. The van der Waals surface area contributed by atoms with E-state index in [1.54, 1.807) is 0 Å². The highest BCUT2D eigenvalue weighted by Crippen LogP contribution is 2.30. The molecule has 2 aromatic carbocycles. The van der Waals surface area contributed by atoms with Crippen molar-refractivity contribution in [2.75, 3.05) is 0 Å². The predicted octanol–water partition coefficient (Wildman–Crippen LogP) is 5.66. The number of benzene rings is 2. The lowest BCUT2D eigenvalue weighted by Gasteiger charge is -2.16. The molecule has 2 nitrogen and oxygen atoms in total. The molecule has 0 N–H and O–H groups in total. The fourth-order valence-corrected chi connectivity index (χ4v) is 1.76. The molecule has 0 amide bonds. The van der Waals surface area contributed by atoms with Crippen LogP contribution in [-0.4, -0.2) is 23.8 Å². The van der Waals surface area contributed by atoms with Gasteiger partial charge < -0.3 is 0 Å². The summed E-state index contributed by atoms with van der Waals surface area (Å²) in [6, 6.07) is 13.2. The smallest absolute Gasteiger partial charge is 0.242 e. The number of hydrogen-bond acceptors (Lipinski definition) is 2. The topological polar surface area (TPSA) is 24.7 Å². The summed E-state index contributed by atoms with van der Waals surface area (Å²) < 4.78 is 79.1. The summed E-state index contributed by atoms with van der Waals surface area (Å²) in [4.78, 5) is 6.27. The van der Waals surface area contributed by atoms with Crippen LogP contribution in [0.15, 0.2) is 70.6 Å². The zero-order valence-corrected chi connectivity index (χ0v) is 11.9. The van der Waals surface area contributed by atoms with Gasteiger partial charge >= 0.3 is 12.4 Å². The van der Waals surface area contributed by atoms with Gasteiger partial charge in [0.05, 0.1) is 11.4 Å². The van der Waals surface area contributed by atoms with Crippen molar-refractivity contribution in [3.8, 4) is 0 Å². The Morgan fingerprint density at radius 1 is 0.542 bits per heavy atom. The minimum atomic E-state index is -5.32. The molecule has 2 aromatic rings. The Balaban J connectivity index is 2.63. The van der Waals surface area contributed by atoms with E-state index in [1.807, 2.05) is 0 Å². The van der Waals surface area contributed by atoms with Crippen LogP contribution in [0.3, 0.4) is 0 Å². The average molecular weight is 344 g/mol. The van der Waals surface area contributed by atoms with E-state index in [1.165, 1.54) is 60.7 Å². The van der Waals surface area contributed by atoms with Gasteiger partial charge in [-0.05, 0) is 24.3 Å². The summed E-state index contributed by atoms with van der Waals surface area (Å²) in [7, 11) is 0. The second-order valence-electron chi connectivity index (χ2n) is 4.59. The normalized spacial score (nSPS) is 13.9. The lowest BCUT2D eigenvalue weighted by Crippen LogP contribution is -2.40. The van der Waals surface area contributed by atoms with Gasteiger partial charge in [-0.25, -0.2) is 9.98 Å². The number of para-hydroxylation sites is 2. The summed E-state index contributed by atoms with van der Waals surface area (Å²) in [5, 5.41) is 0. The van der Waals surface area contributed by atoms with E-state index in [2.05, 4.69) is 9.98 Å². The zero-order valence-electron chi connectivity index (χ0n) is 11.9. The van der Waals surface area contributed by atoms with Crippen LogP contribution in [0.1, 0.15) is 0 Å². The van der Waals surface area contributed by atoms with Crippen LogP contribution in [0.25, 0.3) is 0 Å². The van der Waals surface area contributed by atoms with Crippen molar-refractivity contribution in [3.05, 3.63) is 60.7 Å². The molecule has 126 valence electrons. The van der Waals surface area contributed by atoms with Crippen LogP contribution in [0.2, 0.25) is 0 Å². The van der Waals surface area contributed by atoms with Crippen LogP contribution in [0, 0.1) is 0 Å². The largest absolute Gasteiger partial charge is 0.435 e. The highest BCUT2D eigenvalue weighted by atomic mass is 19.4. The molecule has 0 saturated heterocycles. The minimum absolute atomic E-state index is 0.255. The Morgan fingerprint density at radius 2 is 0.833 bits per heavy atom. The Labute approximate surface area is 133 Å². The van der Waals surface area contributed by atoms with Crippen molar-refractivity contribution in [3.63, 3.8) is 0 Å².